The zero-order chi connectivity index (χ0) is 6.28. The summed E-state index contributed by atoms with van der Waals surface area (Å²) in [7, 11) is 7.36. The maximum Gasteiger partial charge on any atom is 1.00 e. The molecule has 0 saturated heterocycles. The first-order valence-electron chi connectivity index (χ1n) is 0.875. The molecule has 10 heteroatoms. The van der Waals surface area contributed by atoms with E-state index in [0.717, 1.165) is 0 Å². The van der Waals surface area contributed by atoms with Gasteiger partial charge in [-0.2, -0.15) is 0 Å². The molecule has 0 aliphatic heterocycles. The number of rotatable bonds is 0. The van der Waals surface area contributed by atoms with E-state index in [0.29, 0.717) is 0 Å². The van der Waals surface area contributed by atoms with Gasteiger partial charge in [0.2, 0.25) is 9.23 Å². The summed E-state index contributed by atoms with van der Waals surface area (Å²) < 4.78 is 9.09. The van der Waals surface area contributed by atoms with E-state index in [1.165, 1.54) is 4.91 Å². The average molecular weight is 219 g/mol. The first-order chi connectivity index (χ1) is 3.15. The van der Waals surface area contributed by atoms with E-state index in [2.05, 4.69) is 21.4 Å². The van der Waals surface area contributed by atoms with E-state index in [9.17, 15) is 0 Å². The monoisotopic (exact) mass is 218 g/mol. The van der Waals surface area contributed by atoms with Gasteiger partial charge in [-0.1, -0.05) is 0 Å². The van der Waals surface area contributed by atoms with E-state index in [1.807, 2.05) is 0 Å². The van der Waals surface area contributed by atoms with E-state index in [1.54, 1.807) is 0 Å². The van der Waals surface area contributed by atoms with E-state index in [-0.39, 0.29) is 69.0 Å². The fourth-order valence-corrected chi connectivity index (χ4v) is 0. The van der Waals surface area contributed by atoms with Crippen LogP contribution in [0.4, 0.5) is 0 Å². The first kappa shape index (κ1) is 29.6. The average Bonchev–Trinajstić information content (AvgIpc) is 1.33. The minimum Gasteiger partial charge on any atom is -1.00 e. The number of hydrogen-bond acceptors (Lipinski definition) is 1. The van der Waals surface area contributed by atoms with Crippen molar-refractivity contribution in [2.45, 2.75) is 0 Å². The van der Waals surface area contributed by atoms with Gasteiger partial charge in [-0.25, -0.2) is 4.21 Å². The van der Waals surface area contributed by atoms with Crippen LogP contribution in [0.25, 0.3) is 16.0 Å². The van der Waals surface area contributed by atoms with Gasteiger partial charge in [-0.3, -0.25) is 4.91 Å². The Morgan fingerprint density at radius 1 is 1.30 bits per heavy atom. The SMILES string of the molecule is O=S(Cl)Cl.[B].[H-].[N-]=[N+]=[N-].[Na+].[Na+]. The predicted molar refractivity (Wildman–Crippen MR) is 36.8 cm³/mol. The standard InChI is InChI=1S/B.Cl2OS.N3.2Na.H/c;1-4(2)3;1-3-2;;;/q;;-1;2*+1;-1. The Bertz CT molecular complexity index is 97.3. The normalized spacial score (nSPS) is 4.30. The molecule has 10 heavy (non-hydrogen) atoms. The van der Waals surface area contributed by atoms with Crippen molar-refractivity contribution >= 4 is 39.0 Å². The topological polar surface area (TPSA) is 75.8 Å². The van der Waals surface area contributed by atoms with Crippen molar-refractivity contribution in [3.05, 3.63) is 16.0 Å². The van der Waals surface area contributed by atoms with Crippen LogP contribution >= 0.6 is 21.4 Å². The summed E-state index contributed by atoms with van der Waals surface area (Å²) in [6.07, 6.45) is 0. The maximum absolute atomic E-state index is 9.09. The molecular formula is HBCl2N3Na2OS. The zero-order valence-corrected chi connectivity index (χ0v) is 11.8. The number of hydrogen-bond donors (Lipinski definition) is 0. The Labute approximate surface area is 118 Å². The molecule has 0 spiro atoms. The summed E-state index contributed by atoms with van der Waals surface area (Å²) in [4.78, 5) is 1.50. The van der Waals surface area contributed by atoms with Gasteiger partial charge in [0.1, 0.15) is 0 Å². The third-order valence-corrected chi connectivity index (χ3v) is 0. The van der Waals surface area contributed by atoms with Gasteiger partial charge in [0.25, 0.3) is 0 Å². The van der Waals surface area contributed by atoms with E-state index < -0.39 is 9.23 Å². The van der Waals surface area contributed by atoms with Crippen molar-refractivity contribution in [2.75, 3.05) is 0 Å². The Balaban J connectivity index is -0.00000000848. The van der Waals surface area contributed by atoms with Crippen molar-refractivity contribution in [2.24, 2.45) is 0 Å². The van der Waals surface area contributed by atoms with Crippen LogP contribution in [0.1, 0.15) is 1.43 Å². The molecule has 0 aromatic rings. The second kappa shape index (κ2) is 30.4. The number of nitrogens with zero attached hydrogens (tertiary/aromatic N) is 3. The fourth-order valence-electron chi connectivity index (χ4n) is 0. The van der Waals surface area contributed by atoms with Crippen molar-refractivity contribution in [3.8, 4) is 0 Å². The molecule has 47 valence electrons. The first-order valence-corrected chi connectivity index (χ1v) is 3.68. The second-order valence-electron chi connectivity index (χ2n) is 0.274. The van der Waals surface area contributed by atoms with Crippen LogP contribution in [0, 0.1) is 0 Å². The van der Waals surface area contributed by atoms with Gasteiger partial charge in [0, 0.05) is 29.8 Å². The minimum atomic E-state index is -1.67. The predicted octanol–water partition coefficient (Wildman–Crippen LogP) is -4.35. The van der Waals surface area contributed by atoms with Crippen LogP contribution in [-0.2, 0) is 9.23 Å². The molecule has 4 nitrogen and oxygen atoms in total. The molecule has 0 fully saturated rings. The molecule has 0 N–H and O–H groups in total. The summed E-state index contributed by atoms with van der Waals surface area (Å²) >= 11 is 0. The molecule has 0 aromatic carbocycles. The molecule has 0 atom stereocenters. The Morgan fingerprint density at radius 2 is 1.30 bits per heavy atom. The smallest absolute Gasteiger partial charge is 1.00 e. The molecule has 0 amide bonds. The molecule has 0 aliphatic rings. The third-order valence-electron chi connectivity index (χ3n) is 0. The van der Waals surface area contributed by atoms with Gasteiger partial charge in [-0.05, 0) is 0 Å². The molecule has 3 radical (unpaired) electrons. The third kappa shape index (κ3) is 189. The van der Waals surface area contributed by atoms with Crippen molar-refractivity contribution in [1.82, 2.24) is 0 Å². The second-order valence-corrected chi connectivity index (χ2v) is 2.80. The van der Waals surface area contributed by atoms with Gasteiger partial charge in [0.05, 0.1) is 0 Å². The van der Waals surface area contributed by atoms with Crippen LogP contribution < -0.4 is 59.1 Å². The van der Waals surface area contributed by atoms with Crippen LogP contribution in [0.2, 0.25) is 0 Å². The zero-order valence-electron chi connectivity index (χ0n) is 6.49. The van der Waals surface area contributed by atoms with Crippen LogP contribution in [0.15, 0.2) is 0 Å². The van der Waals surface area contributed by atoms with Crippen LogP contribution in [0.5, 0.6) is 0 Å². The van der Waals surface area contributed by atoms with E-state index in [4.69, 9.17) is 15.3 Å². The molecule has 0 aliphatic carbocycles. The quantitative estimate of drug-likeness (QED) is 0.133. The summed E-state index contributed by atoms with van der Waals surface area (Å²) in [6.45, 7) is 0. The van der Waals surface area contributed by atoms with E-state index >= 15 is 0 Å². The minimum absolute atomic E-state index is 0. The molecule has 0 rings (SSSR count). The molecule has 0 bridgehead atoms. The van der Waals surface area contributed by atoms with Crippen molar-refractivity contribution in [1.29, 1.82) is 0 Å². The van der Waals surface area contributed by atoms with Crippen molar-refractivity contribution < 1.29 is 64.8 Å². The van der Waals surface area contributed by atoms with Crippen LogP contribution in [0.3, 0.4) is 0 Å². The molecule has 0 heterocycles. The summed E-state index contributed by atoms with van der Waals surface area (Å²) in [5, 5.41) is 0. The fraction of sp³-hybridized carbons (Fsp3) is 0. The summed E-state index contributed by atoms with van der Waals surface area (Å²) in [5.41, 5.74) is 13.5. The van der Waals surface area contributed by atoms with Gasteiger partial charge in [-0.15, -0.1) is 0 Å². The summed E-state index contributed by atoms with van der Waals surface area (Å²) in [6, 6.07) is 0. The van der Waals surface area contributed by atoms with Crippen LogP contribution in [-0.4, -0.2) is 12.6 Å². The molecule has 0 aromatic heterocycles. The Morgan fingerprint density at radius 3 is 1.30 bits per heavy atom. The largest absolute Gasteiger partial charge is 1.00 e. The molecule has 0 saturated carbocycles. The van der Waals surface area contributed by atoms with Gasteiger partial charge < -0.3 is 12.5 Å². The maximum atomic E-state index is 9.09. The Hall–Kier alpha value is 2.10. The summed E-state index contributed by atoms with van der Waals surface area (Å²) in [5.74, 6) is 0. The molecular weight excluding hydrogens is 218 g/mol. The van der Waals surface area contributed by atoms with Gasteiger partial charge in [0.15, 0.2) is 0 Å². The van der Waals surface area contributed by atoms with Crippen molar-refractivity contribution in [3.63, 3.8) is 0 Å². The number of halogens is 2. The Kier molecular flexibility index (Phi) is 90.0. The van der Waals surface area contributed by atoms with Gasteiger partial charge >= 0.3 is 59.1 Å². The molecule has 0 unspecified atom stereocenters.